The Morgan fingerprint density at radius 1 is 1.29 bits per heavy atom. The van der Waals surface area contributed by atoms with Gasteiger partial charge < -0.3 is 15.2 Å². The van der Waals surface area contributed by atoms with Gasteiger partial charge >= 0.3 is 0 Å². The lowest BCUT2D eigenvalue weighted by molar-refractivity contribution is 0.732. The van der Waals surface area contributed by atoms with E-state index in [1.165, 1.54) is 17.3 Å². The second kappa shape index (κ2) is 5.15. The highest BCUT2D eigenvalue weighted by atomic mass is 15.4. The fourth-order valence-corrected chi connectivity index (χ4v) is 1.79. The predicted octanol–water partition coefficient (Wildman–Crippen LogP) is -0.596. The quantitative estimate of drug-likeness (QED) is 0.676. The number of aromatic nitrogens is 8. The number of hydrogen-bond acceptors (Lipinski definition) is 8. The largest absolute Gasteiger partial charge is 0.368 e. The van der Waals surface area contributed by atoms with E-state index in [9.17, 15) is 0 Å². The normalized spacial score (nSPS) is 10.8. The van der Waals surface area contributed by atoms with Gasteiger partial charge in [0, 0.05) is 26.5 Å². The molecule has 3 aromatic heterocycles. The lowest BCUT2D eigenvalue weighted by atomic mass is 10.5. The minimum absolute atomic E-state index is 0.122. The lowest BCUT2D eigenvalue weighted by Crippen LogP contribution is -2.23. The molecule has 3 aromatic rings. The summed E-state index contributed by atoms with van der Waals surface area (Å²) < 4.78 is 3.36. The van der Waals surface area contributed by atoms with E-state index in [0.717, 1.165) is 5.82 Å². The number of nitrogens with two attached hydrogens (primary N) is 1. The molecule has 0 aliphatic rings. The van der Waals surface area contributed by atoms with E-state index in [1.807, 2.05) is 29.8 Å². The van der Waals surface area contributed by atoms with Crippen LogP contribution in [0.2, 0.25) is 0 Å². The van der Waals surface area contributed by atoms with Crippen LogP contribution in [0.5, 0.6) is 0 Å². The minimum atomic E-state index is 0.122. The van der Waals surface area contributed by atoms with Crippen LogP contribution in [0.4, 0.5) is 11.9 Å². The number of nitrogens with zero attached hydrogens (tertiary/aromatic N) is 9. The third-order valence-electron chi connectivity index (χ3n) is 2.89. The van der Waals surface area contributed by atoms with Crippen LogP contribution in [0.15, 0.2) is 25.0 Å². The zero-order valence-electron chi connectivity index (χ0n) is 11.6. The molecule has 0 aromatic carbocycles. The molecule has 10 nitrogen and oxygen atoms in total. The topological polar surface area (TPSA) is 116 Å². The first-order chi connectivity index (χ1) is 10.1. The van der Waals surface area contributed by atoms with Crippen LogP contribution in [0.1, 0.15) is 5.82 Å². The zero-order chi connectivity index (χ0) is 14.8. The fraction of sp³-hybridized carbons (Fsp3) is 0.273. The van der Waals surface area contributed by atoms with Gasteiger partial charge in [-0.25, -0.2) is 9.97 Å². The number of rotatable bonds is 4. The molecule has 10 heteroatoms. The summed E-state index contributed by atoms with van der Waals surface area (Å²) in [4.78, 5) is 22.5. The van der Waals surface area contributed by atoms with Crippen LogP contribution in [-0.2, 0) is 13.6 Å². The molecule has 3 rings (SSSR count). The zero-order valence-corrected chi connectivity index (χ0v) is 11.6. The molecule has 2 N–H and O–H groups in total. The van der Waals surface area contributed by atoms with Crippen molar-refractivity contribution in [2.24, 2.45) is 7.05 Å². The third kappa shape index (κ3) is 2.63. The second-order valence-corrected chi connectivity index (χ2v) is 4.44. The number of aryl methyl sites for hydroxylation is 1. The summed E-state index contributed by atoms with van der Waals surface area (Å²) >= 11 is 0. The van der Waals surface area contributed by atoms with Crippen LogP contribution in [0.25, 0.3) is 5.95 Å². The number of hydrogen-bond donors (Lipinski definition) is 1. The molecule has 0 amide bonds. The van der Waals surface area contributed by atoms with Crippen LogP contribution in [0.3, 0.4) is 0 Å². The summed E-state index contributed by atoms with van der Waals surface area (Å²) in [5, 5.41) is 3.98. The summed E-state index contributed by atoms with van der Waals surface area (Å²) in [6.45, 7) is 0.545. The Hall–Kier alpha value is -3.04. The molecular weight excluding hydrogens is 272 g/mol. The number of nitrogen functional groups attached to an aromatic ring is 1. The SMILES string of the molecule is CN(Cc1nccn1C)c1nc(N)nc(-n2cncn2)n1. The Labute approximate surface area is 120 Å². The smallest absolute Gasteiger partial charge is 0.258 e. The highest BCUT2D eigenvalue weighted by molar-refractivity contribution is 5.36. The summed E-state index contributed by atoms with van der Waals surface area (Å²) in [6, 6.07) is 0. The van der Waals surface area contributed by atoms with E-state index in [4.69, 9.17) is 5.73 Å². The van der Waals surface area contributed by atoms with Gasteiger partial charge in [0.1, 0.15) is 18.5 Å². The Morgan fingerprint density at radius 2 is 2.14 bits per heavy atom. The van der Waals surface area contributed by atoms with Gasteiger partial charge in [-0.15, -0.1) is 0 Å². The van der Waals surface area contributed by atoms with Gasteiger partial charge in [0.15, 0.2) is 0 Å². The molecule has 21 heavy (non-hydrogen) atoms. The van der Waals surface area contributed by atoms with Crippen molar-refractivity contribution in [1.82, 2.24) is 39.3 Å². The summed E-state index contributed by atoms with van der Waals surface area (Å²) in [7, 11) is 3.79. The number of imidazole rings is 1. The van der Waals surface area contributed by atoms with Crippen molar-refractivity contribution in [2.45, 2.75) is 6.54 Å². The van der Waals surface area contributed by atoms with E-state index in [0.29, 0.717) is 18.4 Å². The first-order valence-corrected chi connectivity index (χ1v) is 6.17. The molecule has 0 aliphatic carbocycles. The van der Waals surface area contributed by atoms with Crippen LogP contribution in [-0.4, -0.2) is 46.3 Å². The van der Waals surface area contributed by atoms with Gasteiger partial charge in [-0.1, -0.05) is 0 Å². The van der Waals surface area contributed by atoms with Crippen molar-refractivity contribution in [3.8, 4) is 5.95 Å². The molecule has 0 saturated carbocycles. The molecule has 0 radical (unpaired) electrons. The van der Waals surface area contributed by atoms with E-state index in [1.54, 1.807) is 6.20 Å². The standard InChI is InChI=1S/C11H14N10/c1-19-4-3-14-8(19)5-20(2)10-16-9(12)17-11(18-10)21-7-13-6-15-21/h3-4,6-7H,5H2,1-2H3,(H2,12,16,17,18). The van der Waals surface area contributed by atoms with Gasteiger partial charge in [-0.05, 0) is 0 Å². The van der Waals surface area contributed by atoms with Gasteiger partial charge in [0.05, 0.1) is 6.54 Å². The molecule has 3 heterocycles. The second-order valence-electron chi connectivity index (χ2n) is 4.44. The Balaban J connectivity index is 1.89. The Morgan fingerprint density at radius 3 is 2.81 bits per heavy atom. The third-order valence-corrected chi connectivity index (χ3v) is 2.89. The molecule has 0 spiro atoms. The monoisotopic (exact) mass is 286 g/mol. The average molecular weight is 286 g/mol. The lowest BCUT2D eigenvalue weighted by Gasteiger charge is -2.17. The molecular formula is C11H14N10. The maximum Gasteiger partial charge on any atom is 0.258 e. The molecule has 108 valence electrons. The minimum Gasteiger partial charge on any atom is -0.368 e. The Kier molecular flexibility index (Phi) is 3.18. The van der Waals surface area contributed by atoms with Crippen LogP contribution >= 0.6 is 0 Å². The van der Waals surface area contributed by atoms with E-state index >= 15 is 0 Å². The average Bonchev–Trinajstić information content (AvgIpc) is 3.11. The highest BCUT2D eigenvalue weighted by Crippen LogP contribution is 2.12. The van der Waals surface area contributed by atoms with Crippen molar-refractivity contribution in [2.75, 3.05) is 17.7 Å². The summed E-state index contributed by atoms with van der Waals surface area (Å²) in [5.41, 5.74) is 5.74. The molecule has 0 saturated heterocycles. The van der Waals surface area contributed by atoms with Gasteiger partial charge in [0.2, 0.25) is 11.9 Å². The van der Waals surface area contributed by atoms with Crippen molar-refractivity contribution >= 4 is 11.9 Å². The van der Waals surface area contributed by atoms with Crippen molar-refractivity contribution in [1.29, 1.82) is 0 Å². The highest BCUT2D eigenvalue weighted by Gasteiger charge is 2.12. The molecule has 0 bridgehead atoms. The summed E-state index contributed by atoms with van der Waals surface area (Å²) in [5.74, 6) is 1.77. The predicted molar refractivity (Wildman–Crippen MR) is 74.5 cm³/mol. The molecule has 0 fully saturated rings. The molecule has 0 unspecified atom stereocenters. The molecule has 0 atom stereocenters. The van der Waals surface area contributed by atoms with E-state index < -0.39 is 0 Å². The van der Waals surface area contributed by atoms with Crippen LogP contribution in [0, 0.1) is 0 Å². The summed E-state index contributed by atoms with van der Waals surface area (Å²) in [6.07, 6.45) is 6.52. The molecule has 0 aliphatic heterocycles. The van der Waals surface area contributed by atoms with Crippen LogP contribution < -0.4 is 10.6 Å². The first-order valence-electron chi connectivity index (χ1n) is 6.17. The van der Waals surface area contributed by atoms with Gasteiger partial charge in [-0.3, -0.25) is 0 Å². The fourth-order valence-electron chi connectivity index (χ4n) is 1.79. The van der Waals surface area contributed by atoms with Crippen molar-refractivity contribution < 1.29 is 0 Å². The van der Waals surface area contributed by atoms with Gasteiger partial charge in [0.25, 0.3) is 5.95 Å². The Bertz CT molecular complexity index is 731. The number of anilines is 2. The van der Waals surface area contributed by atoms with E-state index in [2.05, 4.69) is 30.0 Å². The maximum absolute atomic E-state index is 5.74. The van der Waals surface area contributed by atoms with Gasteiger partial charge in [-0.2, -0.15) is 24.7 Å². The van der Waals surface area contributed by atoms with E-state index in [-0.39, 0.29) is 5.95 Å². The first kappa shape index (κ1) is 13.0. The van der Waals surface area contributed by atoms with Crippen molar-refractivity contribution in [3.63, 3.8) is 0 Å². The van der Waals surface area contributed by atoms with Crippen molar-refractivity contribution in [3.05, 3.63) is 30.9 Å². The maximum atomic E-state index is 5.74.